The van der Waals surface area contributed by atoms with Gasteiger partial charge in [0, 0.05) is 41.7 Å². The first-order valence-corrected chi connectivity index (χ1v) is 12.5. The largest absolute Gasteiger partial charge is 0.457 e. The molecule has 2 N–H and O–H groups in total. The van der Waals surface area contributed by atoms with Crippen molar-refractivity contribution >= 4 is 34.2 Å². The van der Waals surface area contributed by atoms with Crippen molar-refractivity contribution in [2.24, 2.45) is 0 Å². The number of anilines is 2. The van der Waals surface area contributed by atoms with E-state index in [0.29, 0.717) is 35.1 Å². The Kier molecular flexibility index (Phi) is 8.79. The molecule has 0 fully saturated rings. The first kappa shape index (κ1) is 26.5. The fraction of sp³-hybridized carbons (Fsp3) is 0.200. The molecule has 194 valence electrons. The fourth-order valence-electron chi connectivity index (χ4n) is 3.82. The Labute approximate surface area is 222 Å². The number of fused-ring (bicyclic) bond motifs is 1. The number of nitrogens with one attached hydrogen (secondary N) is 2. The van der Waals surface area contributed by atoms with Crippen LogP contribution < -0.4 is 15.4 Å². The molecule has 0 saturated carbocycles. The Balaban J connectivity index is 1.45. The molecule has 0 aliphatic carbocycles. The normalized spacial score (nSPS) is 11.2. The summed E-state index contributed by atoms with van der Waals surface area (Å²) < 4.78 is 6.12. The maximum atomic E-state index is 12.7. The first-order chi connectivity index (χ1) is 18.4. The molecule has 0 saturated heterocycles. The third-order valence-corrected chi connectivity index (χ3v) is 5.66. The zero-order chi connectivity index (χ0) is 26.9. The minimum absolute atomic E-state index is 0.210. The number of rotatable bonds is 10. The molecule has 0 bridgehead atoms. The Morgan fingerprint density at radius 3 is 2.50 bits per heavy atom. The number of likely N-dealkylation sites (N-methyl/N-ethyl adjacent to an activating group) is 1. The molecule has 0 radical (unpaired) electrons. The van der Waals surface area contributed by atoms with Gasteiger partial charge in [-0.25, -0.2) is 4.98 Å². The predicted octanol–water partition coefficient (Wildman–Crippen LogP) is 5.68. The Morgan fingerprint density at radius 1 is 0.947 bits per heavy atom. The summed E-state index contributed by atoms with van der Waals surface area (Å²) in [5.41, 5.74) is 3.00. The summed E-state index contributed by atoms with van der Waals surface area (Å²) in [4.78, 5) is 35.6. The Bertz CT molecular complexity index is 1450. The lowest BCUT2D eigenvalue weighted by Gasteiger charge is -2.11. The third kappa shape index (κ3) is 7.24. The summed E-state index contributed by atoms with van der Waals surface area (Å²) in [5, 5.41) is 6.47. The number of carbonyl (C=O) groups excluding carboxylic acids is 2. The van der Waals surface area contributed by atoms with Gasteiger partial charge in [0.05, 0.1) is 5.52 Å². The van der Waals surface area contributed by atoms with Crippen LogP contribution in [0.25, 0.3) is 10.9 Å². The van der Waals surface area contributed by atoms with Gasteiger partial charge in [-0.05, 0) is 86.7 Å². The number of hydrogen-bond donors (Lipinski definition) is 2. The van der Waals surface area contributed by atoms with Crippen molar-refractivity contribution in [3.8, 4) is 11.5 Å². The fourth-order valence-corrected chi connectivity index (χ4v) is 3.82. The van der Waals surface area contributed by atoms with Crippen LogP contribution in [-0.2, 0) is 11.2 Å². The summed E-state index contributed by atoms with van der Waals surface area (Å²) >= 11 is 0. The second-order valence-electron chi connectivity index (χ2n) is 9.07. The van der Waals surface area contributed by atoms with E-state index in [4.69, 9.17) is 4.74 Å². The van der Waals surface area contributed by atoms with Gasteiger partial charge in [-0.1, -0.05) is 19.4 Å². The van der Waals surface area contributed by atoms with E-state index in [2.05, 4.69) is 27.5 Å². The lowest BCUT2D eigenvalue weighted by Crippen LogP contribution is -2.13. The van der Waals surface area contributed by atoms with E-state index in [1.165, 1.54) is 6.08 Å². The average molecular weight is 510 g/mol. The lowest BCUT2D eigenvalue weighted by atomic mass is 10.1. The standard InChI is InChI=1S/C30H31N5O3/c1-4-6-21-14-16-32-28(19-21)34-30(37)22-8-11-24(12-9-22)38-27-15-17-31-26-13-10-23(20-25(26)27)33-29(36)7-5-18-35(2)3/h5,7-17,19-20H,4,6,18H2,1-3H3,(H,33,36)(H,32,34,37)/b7-5+. The number of carbonyl (C=O) groups is 2. The summed E-state index contributed by atoms with van der Waals surface area (Å²) in [6.07, 6.45) is 8.65. The molecule has 8 nitrogen and oxygen atoms in total. The molecule has 0 unspecified atom stereocenters. The molecule has 0 aliphatic heterocycles. The SMILES string of the molecule is CCCc1ccnc(NC(=O)c2ccc(Oc3ccnc4ccc(NC(=O)/C=C/CN(C)C)cc34)cc2)c1. The topological polar surface area (TPSA) is 96.5 Å². The van der Waals surface area contributed by atoms with Crippen LogP contribution in [-0.4, -0.2) is 47.3 Å². The molecule has 0 atom stereocenters. The van der Waals surface area contributed by atoms with Crippen LogP contribution in [0.1, 0.15) is 29.3 Å². The van der Waals surface area contributed by atoms with Gasteiger partial charge in [-0.3, -0.25) is 14.6 Å². The molecule has 4 rings (SSSR count). The van der Waals surface area contributed by atoms with Gasteiger partial charge in [-0.15, -0.1) is 0 Å². The summed E-state index contributed by atoms with van der Waals surface area (Å²) in [7, 11) is 3.88. The second-order valence-corrected chi connectivity index (χ2v) is 9.07. The number of ether oxygens (including phenoxy) is 1. The maximum absolute atomic E-state index is 12.7. The second kappa shape index (κ2) is 12.6. The van der Waals surface area contributed by atoms with Crippen LogP contribution in [0.3, 0.4) is 0 Å². The summed E-state index contributed by atoms with van der Waals surface area (Å²) in [6.45, 7) is 2.79. The number of amides is 2. The number of aromatic nitrogens is 2. The summed E-state index contributed by atoms with van der Waals surface area (Å²) in [5.74, 6) is 1.23. The first-order valence-electron chi connectivity index (χ1n) is 12.5. The molecule has 4 aromatic rings. The van der Waals surface area contributed by atoms with Gasteiger partial charge in [0.25, 0.3) is 5.91 Å². The van der Waals surface area contributed by atoms with Gasteiger partial charge in [0.1, 0.15) is 17.3 Å². The van der Waals surface area contributed by atoms with Crippen LogP contribution in [0.5, 0.6) is 11.5 Å². The van der Waals surface area contributed by atoms with Crippen molar-refractivity contribution in [2.75, 3.05) is 31.3 Å². The van der Waals surface area contributed by atoms with Crippen LogP contribution in [0.2, 0.25) is 0 Å². The van der Waals surface area contributed by atoms with Crippen LogP contribution in [0.4, 0.5) is 11.5 Å². The van der Waals surface area contributed by atoms with Crippen molar-refractivity contribution in [3.05, 3.63) is 96.3 Å². The van der Waals surface area contributed by atoms with E-state index in [9.17, 15) is 9.59 Å². The van der Waals surface area contributed by atoms with E-state index in [1.807, 2.05) is 43.3 Å². The molecular weight excluding hydrogens is 478 g/mol. The minimum Gasteiger partial charge on any atom is -0.457 e. The molecular formula is C30H31N5O3. The Hall–Kier alpha value is -4.56. The Morgan fingerprint density at radius 2 is 1.74 bits per heavy atom. The van der Waals surface area contributed by atoms with E-state index in [-0.39, 0.29) is 11.8 Å². The monoisotopic (exact) mass is 509 g/mol. The third-order valence-electron chi connectivity index (χ3n) is 5.66. The highest BCUT2D eigenvalue weighted by Gasteiger charge is 2.10. The van der Waals surface area contributed by atoms with Gasteiger partial charge < -0.3 is 20.3 Å². The van der Waals surface area contributed by atoms with Crippen molar-refractivity contribution < 1.29 is 14.3 Å². The van der Waals surface area contributed by atoms with Gasteiger partial charge >= 0.3 is 0 Å². The van der Waals surface area contributed by atoms with Crippen LogP contribution in [0.15, 0.2) is 85.2 Å². The van der Waals surface area contributed by atoms with Crippen molar-refractivity contribution in [3.63, 3.8) is 0 Å². The number of pyridine rings is 2. The molecule has 0 aliphatic rings. The van der Waals surface area contributed by atoms with Crippen LogP contribution >= 0.6 is 0 Å². The smallest absolute Gasteiger partial charge is 0.256 e. The maximum Gasteiger partial charge on any atom is 0.256 e. The molecule has 2 heterocycles. The molecule has 0 spiro atoms. The van der Waals surface area contributed by atoms with E-state index in [1.54, 1.807) is 54.9 Å². The quantitative estimate of drug-likeness (QED) is 0.267. The lowest BCUT2D eigenvalue weighted by molar-refractivity contribution is -0.111. The number of hydrogen-bond acceptors (Lipinski definition) is 6. The van der Waals surface area contributed by atoms with Crippen LogP contribution in [0, 0.1) is 0 Å². The highest BCUT2D eigenvalue weighted by atomic mass is 16.5. The molecule has 2 amide bonds. The van der Waals surface area contributed by atoms with E-state index in [0.717, 1.165) is 29.3 Å². The summed E-state index contributed by atoms with van der Waals surface area (Å²) in [6, 6.07) is 18.0. The number of nitrogens with zero attached hydrogens (tertiary/aromatic N) is 3. The zero-order valence-electron chi connectivity index (χ0n) is 21.8. The highest BCUT2D eigenvalue weighted by Crippen LogP contribution is 2.31. The van der Waals surface area contributed by atoms with Crippen molar-refractivity contribution in [2.45, 2.75) is 19.8 Å². The van der Waals surface area contributed by atoms with Gasteiger partial charge in [0.2, 0.25) is 5.91 Å². The van der Waals surface area contributed by atoms with E-state index < -0.39 is 0 Å². The number of aryl methyl sites for hydroxylation is 1. The van der Waals surface area contributed by atoms with Gasteiger partial charge in [-0.2, -0.15) is 0 Å². The molecule has 2 aromatic heterocycles. The minimum atomic E-state index is -0.243. The predicted molar refractivity (Wildman–Crippen MR) is 151 cm³/mol. The van der Waals surface area contributed by atoms with Crippen molar-refractivity contribution in [1.29, 1.82) is 0 Å². The average Bonchev–Trinajstić information content (AvgIpc) is 2.89. The number of benzene rings is 2. The zero-order valence-corrected chi connectivity index (χ0v) is 21.8. The molecule has 8 heteroatoms. The van der Waals surface area contributed by atoms with Gasteiger partial charge in [0.15, 0.2) is 0 Å². The molecule has 2 aromatic carbocycles. The van der Waals surface area contributed by atoms with Crippen molar-refractivity contribution in [1.82, 2.24) is 14.9 Å². The highest BCUT2D eigenvalue weighted by molar-refractivity contribution is 6.04. The van der Waals surface area contributed by atoms with E-state index >= 15 is 0 Å². The molecule has 38 heavy (non-hydrogen) atoms.